The molecule has 0 fully saturated rings. The molecule has 0 saturated heterocycles. The van der Waals surface area contributed by atoms with E-state index < -0.39 is 22.9 Å². The van der Waals surface area contributed by atoms with Crippen molar-refractivity contribution < 1.29 is 13.2 Å². The normalized spacial score (nSPS) is 11.3. The van der Waals surface area contributed by atoms with Crippen LogP contribution in [0.25, 0.3) is 11.3 Å². The van der Waals surface area contributed by atoms with Crippen LogP contribution < -0.4 is 5.56 Å². The molecule has 1 heterocycles. The standard InChI is InChI=1S/C21H14ClF3N2O/c1-13-5-7-14(8-6-13)12-27-19(15-3-2-4-16(22)9-15)10-18(21(23,24)25)17(11-26)20(27)28/h2-10H,12H2,1H3. The lowest BCUT2D eigenvalue weighted by Gasteiger charge is -2.18. The highest BCUT2D eigenvalue weighted by molar-refractivity contribution is 6.30. The fourth-order valence-electron chi connectivity index (χ4n) is 2.90. The van der Waals surface area contributed by atoms with E-state index in [-0.39, 0.29) is 12.2 Å². The summed E-state index contributed by atoms with van der Waals surface area (Å²) in [5.41, 5.74) is -1.05. The summed E-state index contributed by atoms with van der Waals surface area (Å²) in [5.74, 6) is 0. The summed E-state index contributed by atoms with van der Waals surface area (Å²) in [5, 5.41) is 9.53. The highest BCUT2D eigenvalue weighted by Crippen LogP contribution is 2.34. The first-order valence-electron chi connectivity index (χ1n) is 8.27. The lowest BCUT2D eigenvalue weighted by Crippen LogP contribution is -2.28. The van der Waals surface area contributed by atoms with Crippen LogP contribution in [0.1, 0.15) is 22.3 Å². The second-order valence-corrected chi connectivity index (χ2v) is 6.75. The van der Waals surface area contributed by atoms with Gasteiger partial charge in [-0.3, -0.25) is 4.79 Å². The number of nitrogens with zero attached hydrogens (tertiary/aromatic N) is 2. The summed E-state index contributed by atoms with van der Waals surface area (Å²) in [4.78, 5) is 12.8. The first-order valence-corrected chi connectivity index (χ1v) is 8.65. The van der Waals surface area contributed by atoms with E-state index >= 15 is 0 Å². The number of alkyl halides is 3. The summed E-state index contributed by atoms with van der Waals surface area (Å²) in [6, 6.07) is 15.7. The van der Waals surface area contributed by atoms with Crippen LogP contribution >= 0.6 is 11.6 Å². The van der Waals surface area contributed by atoms with Crippen molar-refractivity contribution in [1.82, 2.24) is 4.57 Å². The Morgan fingerprint density at radius 3 is 2.36 bits per heavy atom. The van der Waals surface area contributed by atoms with Crippen molar-refractivity contribution in [3.8, 4) is 17.3 Å². The minimum Gasteiger partial charge on any atom is -0.303 e. The van der Waals surface area contributed by atoms with Gasteiger partial charge in [-0.15, -0.1) is 0 Å². The maximum atomic E-state index is 13.5. The quantitative estimate of drug-likeness (QED) is 0.587. The van der Waals surface area contributed by atoms with Crippen LogP contribution in [-0.2, 0) is 12.7 Å². The van der Waals surface area contributed by atoms with Gasteiger partial charge in [0.15, 0.2) is 0 Å². The number of pyridine rings is 1. The van der Waals surface area contributed by atoms with E-state index in [1.54, 1.807) is 30.3 Å². The Hall–Kier alpha value is -3.04. The van der Waals surface area contributed by atoms with Gasteiger partial charge in [-0.05, 0) is 36.2 Å². The molecule has 28 heavy (non-hydrogen) atoms. The minimum absolute atomic E-state index is 0.0216. The average molecular weight is 403 g/mol. The largest absolute Gasteiger partial charge is 0.417 e. The molecule has 0 N–H and O–H groups in total. The molecule has 3 nitrogen and oxygen atoms in total. The number of aryl methyl sites for hydroxylation is 1. The predicted octanol–water partition coefficient (Wildman–Crippen LogP) is 5.42. The molecule has 0 aliphatic rings. The van der Waals surface area contributed by atoms with E-state index in [4.69, 9.17) is 11.6 Å². The molecule has 0 aliphatic carbocycles. The first-order chi connectivity index (χ1) is 13.2. The van der Waals surface area contributed by atoms with Gasteiger partial charge < -0.3 is 4.57 Å². The van der Waals surface area contributed by atoms with Crippen molar-refractivity contribution in [1.29, 1.82) is 5.26 Å². The Morgan fingerprint density at radius 1 is 1.11 bits per heavy atom. The van der Waals surface area contributed by atoms with Gasteiger partial charge in [0.2, 0.25) is 0 Å². The van der Waals surface area contributed by atoms with Gasteiger partial charge in [0, 0.05) is 5.02 Å². The van der Waals surface area contributed by atoms with Crippen LogP contribution in [0.3, 0.4) is 0 Å². The summed E-state index contributed by atoms with van der Waals surface area (Å²) >= 11 is 5.99. The Labute approximate surface area is 164 Å². The molecule has 0 aliphatic heterocycles. The van der Waals surface area contributed by atoms with Gasteiger partial charge in [-0.1, -0.05) is 53.6 Å². The van der Waals surface area contributed by atoms with Crippen LogP contribution in [-0.4, -0.2) is 4.57 Å². The summed E-state index contributed by atoms with van der Waals surface area (Å²) in [6.07, 6.45) is -4.83. The second kappa shape index (κ2) is 7.53. The summed E-state index contributed by atoms with van der Waals surface area (Å²) in [7, 11) is 0. The third-order valence-electron chi connectivity index (χ3n) is 4.30. The van der Waals surface area contributed by atoms with Gasteiger partial charge in [0.25, 0.3) is 5.56 Å². The zero-order valence-corrected chi connectivity index (χ0v) is 15.5. The lowest BCUT2D eigenvalue weighted by atomic mass is 10.0. The van der Waals surface area contributed by atoms with E-state index in [9.17, 15) is 23.2 Å². The number of nitriles is 1. The number of benzene rings is 2. The van der Waals surface area contributed by atoms with Gasteiger partial charge in [-0.25, -0.2) is 0 Å². The fourth-order valence-corrected chi connectivity index (χ4v) is 3.09. The van der Waals surface area contributed by atoms with E-state index in [1.165, 1.54) is 16.7 Å². The maximum absolute atomic E-state index is 13.5. The number of halogens is 4. The predicted molar refractivity (Wildman–Crippen MR) is 101 cm³/mol. The third kappa shape index (κ3) is 3.95. The van der Waals surface area contributed by atoms with Crippen molar-refractivity contribution in [3.05, 3.63) is 92.2 Å². The monoisotopic (exact) mass is 402 g/mol. The van der Waals surface area contributed by atoms with E-state index in [2.05, 4.69) is 0 Å². The molecular formula is C21H14ClF3N2O. The van der Waals surface area contributed by atoms with E-state index in [1.807, 2.05) is 19.1 Å². The molecule has 0 unspecified atom stereocenters. The molecule has 7 heteroatoms. The molecule has 0 saturated carbocycles. The minimum atomic E-state index is -4.83. The molecule has 2 aromatic carbocycles. The molecule has 0 bridgehead atoms. The van der Waals surface area contributed by atoms with Gasteiger partial charge in [0.1, 0.15) is 11.6 Å². The van der Waals surface area contributed by atoms with Crippen LogP contribution in [0.15, 0.2) is 59.4 Å². The zero-order chi connectivity index (χ0) is 20.5. The highest BCUT2D eigenvalue weighted by atomic mass is 35.5. The zero-order valence-electron chi connectivity index (χ0n) is 14.7. The molecule has 0 spiro atoms. The Balaban J connectivity index is 2.31. The van der Waals surface area contributed by atoms with Crippen LogP contribution in [0.4, 0.5) is 13.2 Å². The number of hydrogen-bond acceptors (Lipinski definition) is 2. The Bertz CT molecular complexity index is 1130. The van der Waals surface area contributed by atoms with Gasteiger partial charge in [0.05, 0.1) is 17.8 Å². The third-order valence-corrected chi connectivity index (χ3v) is 4.53. The first kappa shape index (κ1) is 19.7. The lowest BCUT2D eigenvalue weighted by molar-refractivity contribution is -0.137. The molecule has 3 rings (SSSR count). The smallest absolute Gasteiger partial charge is 0.303 e. The molecule has 3 aromatic rings. The van der Waals surface area contributed by atoms with Crippen molar-refractivity contribution >= 4 is 11.6 Å². The van der Waals surface area contributed by atoms with Crippen LogP contribution in [0, 0.1) is 18.3 Å². The SMILES string of the molecule is Cc1ccc(Cn2c(-c3cccc(Cl)c3)cc(C(F)(F)F)c(C#N)c2=O)cc1. The van der Waals surface area contributed by atoms with Crippen molar-refractivity contribution in [2.45, 2.75) is 19.6 Å². The molecule has 0 radical (unpaired) electrons. The summed E-state index contributed by atoms with van der Waals surface area (Å²) in [6.45, 7) is 1.92. The topological polar surface area (TPSA) is 45.8 Å². The Morgan fingerprint density at radius 2 is 1.79 bits per heavy atom. The second-order valence-electron chi connectivity index (χ2n) is 6.32. The van der Waals surface area contributed by atoms with Gasteiger partial charge in [-0.2, -0.15) is 18.4 Å². The number of hydrogen-bond donors (Lipinski definition) is 0. The molecular weight excluding hydrogens is 389 g/mol. The molecule has 0 amide bonds. The number of rotatable bonds is 3. The molecule has 1 aromatic heterocycles. The van der Waals surface area contributed by atoms with E-state index in [0.717, 1.165) is 17.2 Å². The van der Waals surface area contributed by atoms with Crippen molar-refractivity contribution in [3.63, 3.8) is 0 Å². The maximum Gasteiger partial charge on any atom is 0.417 e. The molecule has 142 valence electrons. The molecule has 0 atom stereocenters. The summed E-state index contributed by atoms with van der Waals surface area (Å²) < 4.78 is 41.6. The van der Waals surface area contributed by atoms with Gasteiger partial charge >= 0.3 is 6.18 Å². The van der Waals surface area contributed by atoms with Crippen LogP contribution in [0.5, 0.6) is 0 Å². The average Bonchev–Trinajstić information content (AvgIpc) is 2.63. The highest BCUT2D eigenvalue weighted by Gasteiger charge is 2.36. The fraction of sp³-hybridized carbons (Fsp3) is 0.143. The van der Waals surface area contributed by atoms with Crippen molar-refractivity contribution in [2.75, 3.05) is 0 Å². The van der Waals surface area contributed by atoms with Crippen molar-refractivity contribution in [2.24, 2.45) is 0 Å². The number of aromatic nitrogens is 1. The Kier molecular flexibility index (Phi) is 5.30. The van der Waals surface area contributed by atoms with E-state index in [0.29, 0.717) is 10.6 Å². The van der Waals surface area contributed by atoms with Crippen LogP contribution in [0.2, 0.25) is 5.02 Å².